The number of anilines is 6. The van der Waals surface area contributed by atoms with E-state index in [0.717, 1.165) is 45.3 Å². The van der Waals surface area contributed by atoms with Gasteiger partial charge in [0.2, 0.25) is 0 Å². The SMILES string of the molecule is C=C(C)C(=O)OCCc1cccc(N(c2ccccc2)c2ccc(N(c3ccccc3)c3cccc(CCOC(=O)C(C)(C)C)c3)cc2)c1. The summed E-state index contributed by atoms with van der Waals surface area (Å²) in [6, 6.07) is 45.8. The van der Waals surface area contributed by atoms with Crippen LogP contribution in [0.15, 0.2) is 146 Å². The fraction of sp³-hybridized carbons (Fsp3) is 0.209. The Hall–Kier alpha value is -5.62. The minimum Gasteiger partial charge on any atom is -0.465 e. The maximum absolute atomic E-state index is 12.3. The predicted molar refractivity (Wildman–Crippen MR) is 199 cm³/mol. The molecule has 0 aliphatic heterocycles. The maximum Gasteiger partial charge on any atom is 0.333 e. The highest BCUT2D eigenvalue weighted by Crippen LogP contribution is 2.39. The lowest BCUT2D eigenvalue weighted by atomic mass is 9.97. The van der Waals surface area contributed by atoms with Gasteiger partial charge >= 0.3 is 11.9 Å². The number of esters is 2. The van der Waals surface area contributed by atoms with E-state index in [1.807, 2.05) is 75.4 Å². The Morgan fingerprint density at radius 3 is 1.35 bits per heavy atom. The van der Waals surface area contributed by atoms with Crippen LogP contribution in [-0.4, -0.2) is 25.2 Å². The number of carbonyl (C=O) groups is 2. The van der Waals surface area contributed by atoms with Crippen molar-refractivity contribution < 1.29 is 19.1 Å². The van der Waals surface area contributed by atoms with E-state index in [2.05, 4.69) is 95.2 Å². The number of carbonyl (C=O) groups excluding carboxylic acids is 2. The van der Waals surface area contributed by atoms with Crippen LogP contribution in [0.25, 0.3) is 0 Å². The minimum atomic E-state index is -0.530. The molecule has 0 unspecified atom stereocenters. The number of nitrogens with zero attached hydrogens (tertiary/aromatic N) is 2. The number of rotatable bonds is 13. The summed E-state index contributed by atoms with van der Waals surface area (Å²) >= 11 is 0. The molecule has 0 atom stereocenters. The molecule has 0 saturated carbocycles. The summed E-state index contributed by atoms with van der Waals surface area (Å²) in [4.78, 5) is 28.7. The number of benzene rings is 5. The lowest BCUT2D eigenvalue weighted by Crippen LogP contribution is -2.23. The summed E-state index contributed by atoms with van der Waals surface area (Å²) in [5, 5.41) is 0. The Morgan fingerprint density at radius 1 is 0.551 bits per heavy atom. The topological polar surface area (TPSA) is 59.1 Å². The molecule has 0 bridgehead atoms. The monoisotopic (exact) mass is 652 g/mol. The third-order valence-electron chi connectivity index (χ3n) is 7.94. The molecule has 0 aliphatic carbocycles. The summed E-state index contributed by atoms with van der Waals surface area (Å²) in [7, 11) is 0. The average Bonchev–Trinajstić information content (AvgIpc) is 3.10. The highest BCUT2D eigenvalue weighted by Gasteiger charge is 2.23. The van der Waals surface area contributed by atoms with E-state index in [4.69, 9.17) is 9.47 Å². The van der Waals surface area contributed by atoms with Crippen molar-refractivity contribution in [3.8, 4) is 0 Å². The van der Waals surface area contributed by atoms with E-state index in [0.29, 0.717) is 25.0 Å². The van der Waals surface area contributed by atoms with Crippen molar-refractivity contribution in [3.05, 3.63) is 157 Å². The smallest absolute Gasteiger partial charge is 0.333 e. The van der Waals surface area contributed by atoms with Gasteiger partial charge in [-0.3, -0.25) is 4.79 Å². The van der Waals surface area contributed by atoms with Gasteiger partial charge in [0.05, 0.1) is 18.6 Å². The standard InChI is InChI=1S/C43H44N2O4/c1-32(2)41(46)48-28-26-33-14-12-20-39(30-33)44(35-16-8-6-9-17-35)37-22-24-38(25-23-37)45(36-18-10-7-11-19-36)40-21-13-15-34(31-40)27-29-49-42(47)43(3,4)5/h6-25,30-31H,1,26-29H2,2-5H3. The van der Waals surface area contributed by atoms with Gasteiger partial charge in [-0.25, -0.2) is 4.79 Å². The first-order valence-corrected chi connectivity index (χ1v) is 16.6. The van der Waals surface area contributed by atoms with E-state index in [1.165, 1.54) is 0 Å². The van der Waals surface area contributed by atoms with Gasteiger partial charge in [-0.05, 0) is 112 Å². The third kappa shape index (κ3) is 9.26. The zero-order chi connectivity index (χ0) is 34.8. The maximum atomic E-state index is 12.3. The molecule has 6 nitrogen and oxygen atoms in total. The van der Waals surface area contributed by atoms with Crippen molar-refractivity contribution in [2.75, 3.05) is 23.0 Å². The molecule has 0 radical (unpaired) electrons. The third-order valence-corrected chi connectivity index (χ3v) is 7.94. The molecule has 49 heavy (non-hydrogen) atoms. The quantitative estimate of drug-likeness (QED) is 0.0932. The molecule has 5 rings (SSSR count). The van der Waals surface area contributed by atoms with E-state index < -0.39 is 5.41 Å². The van der Waals surface area contributed by atoms with E-state index in [1.54, 1.807) is 6.92 Å². The van der Waals surface area contributed by atoms with Crippen LogP contribution in [0.4, 0.5) is 34.1 Å². The van der Waals surface area contributed by atoms with Crippen LogP contribution >= 0.6 is 0 Å². The van der Waals surface area contributed by atoms with Gasteiger partial charge in [0.15, 0.2) is 0 Å². The van der Waals surface area contributed by atoms with Gasteiger partial charge in [-0.1, -0.05) is 67.2 Å². The zero-order valence-electron chi connectivity index (χ0n) is 28.8. The molecular weight excluding hydrogens is 608 g/mol. The minimum absolute atomic E-state index is 0.199. The van der Waals surface area contributed by atoms with Gasteiger partial charge in [0.25, 0.3) is 0 Å². The molecule has 0 heterocycles. The highest BCUT2D eigenvalue weighted by molar-refractivity contribution is 5.87. The number of hydrogen-bond donors (Lipinski definition) is 0. The first-order valence-electron chi connectivity index (χ1n) is 16.6. The Balaban J connectivity index is 1.44. The fourth-order valence-electron chi connectivity index (χ4n) is 5.36. The summed E-state index contributed by atoms with van der Waals surface area (Å²) < 4.78 is 10.9. The van der Waals surface area contributed by atoms with Crippen molar-refractivity contribution in [2.45, 2.75) is 40.5 Å². The first-order chi connectivity index (χ1) is 23.6. The molecule has 0 amide bonds. The molecule has 5 aromatic carbocycles. The molecule has 250 valence electrons. The Labute approximate surface area is 290 Å². The van der Waals surface area contributed by atoms with Crippen molar-refractivity contribution >= 4 is 46.1 Å². The lowest BCUT2D eigenvalue weighted by molar-refractivity contribution is -0.152. The number of ether oxygens (including phenoxy) is 2. The summed E-state index contributed by atoms with van der Waals surface area (Å²) in [5.41, 5.74) is 8.10. The second-order valence-corrected chi connectivity index (χ2v) is 13.0. The van der Waals surface area contributed by atoms with Crippen molar-refractivity contribution in [1.82, 2.24) is 0 Å². The van der Waals surface area contributed by atoms with Crippen LogP contribution in [0, 0.1) is 5.41 Å². The van der Waals surface area contributed by atoms with Gasteiger partial charge in [-0.15, -0.1) is 0 Å². The number of para-hydroxylation sites is 2. The molecule has 6 heteroatoms. The van der Waals surface area contributed by atoms with E-state index in [9.17, 15) is 9.59 Å². The summed E-state index contributed by atoms with van der Waals surface area (Å²) in [6.45, 7) is 11.5. The van der Waals surface area contributed by atoms with Gasteiger partial charge < -0.3 is 19.3 Å². The molecular formula is C43H44N2O4. The van der Waals surface area contributed by atoms with Crippen LogP contribution in [0.2, 0.25) is 0 Å². The molecule has 5 aromatic rings. The average molecular weight is 653 g/mol. The zero-order valence-corrected chi connectivity index (χ0v) is 28.8. The highest BCUT2D eigenvalue weighted by atomic mass is 16.5. The molecule has 0 fully saturated rings. The molecule has 0 N–H and O–H groups in total. The van der Waals surface area contributed by atoms with Crippen LogP contribution in [0.1, 0.15) is 38.8 Å². The summed E-state index contributed by atoms with van der Waals surface area (Å²) in [5.74, 6) is -0.574. The molecule has 0 saturated heterocycles. The predicted octanol–water partition coefficient (Wildman–Crippen LogP) is 10.4. The second-order valence-electron chi connectivity index (χ2n) is 13.0. The normalized spacial score (nSPS) is 11.0. The van der Waals surface area contributed by atoms with Crippen molar-refractivity contribution in [1.29, 1.82) is 0 Å². The van der Waals surface area contributed by atoms with Gasteiger partial charge in [-0.2, -0.15) is 0 Å². The van der Waals surface area contributed by atoms with Crippen LogP contribution in [-0.2, 0) is 31.9 Å². The molecule has 0 spiro atoms. The fourth-order valence-corrected chi connectivity index (χ4v) is 5.36. The van der Waals surface area contributed by atoms with Gasteiger partial charge in [0.1, 0.15) is 0 Å². The second kappa shape index (κ2) is 16.0. The largest absolute Gasteiger partial charge is 0.465 e. The van der Waals surface area contributed by atoms with Crippen LogP contribution in [0.3, 0.4) is 0 Å². The van der Waals surface area contributed by atoms with E-state index in [-0.39, 0.29) is 18.5 Å². The molecule has 0 aromatic heterocycles. The van der Waals surface area contributed by atoms with Crippen molar-refractivity contribution in [2.24, 2.45) is 5.41 Å². The Bertz CT molecular complexity index is 1860. The van der Waals surface area contributed by atoms with Crippen molar-refractivity contribution in [3.63, 3.8) is 0 Å². The Morgan fingerprint density at radius 2 is 0.939 bits per heavy atom. The lowest BCUT2D eigenvalue weighted by Gasteiger charge is -2.28. The summed E-state index contributed by atoms with van der Waals surface area (Å²) in [6.07, 6.45) is 1.22. The first kappa shape index (κ1) is 34.7. The van der Waals surface area contributed by atoms with E-state index >= 15 is 0 Å². The van der Waals surface area contributed by atoms with Crippen LogP contribution in [0.5, 0.6) is 0 Å². The Kier molecular flexibility index (Phi) is 11.3. The molecule has 0 aliphatic rings. The number of hydrogen-bond acceptors (Lipinski definition) is 6. The van der Waals surface area contributed by atoms with Crippen LogP contribution < -0.4 is 9.80 Å². The van der Waals surface area contributed by atoms with Gasteiger partial charge in [0, 0.05) is 52.5 Å².